The van der Waals surface area contributed by atoms with Gasteiger partial charge in [0.1, 0.15) is 0 Å². The number of nitrogens with two attached hydrogens (primary N) is 1. The largest absolute Gasteiger partial charge is 0.369 e. The third kappa shape index (κ3) is 4.06. The minimum atomic E-state index is 0.540. The van der Waals surface area contributed by atoms with Gasteiger partial charge in [0.2, 0.25) is 0 Å². The maximum atomic E-state index is 5.88. The Balaban J connectivity index is 2.80. The number of hydrogen-bond donors (Lipinski definition) is 1. The van der Waals surface area contributed by atoms with Crippen LogP contribution in [-0.2, 0) is 0 Å². The van der Waals surface area contributed by atoms with Crippen LogP contribution in [0.15, 0.2) is 34.2 Å². The highest BCUT2D eigenvalue weighted by Crippen LogP contribution is 2.21. The van der Waals surface area contributed by atoms with Crippen LogP contribution in [-0.4, -0.2) is 36.0 Å². The molecule has 0 fully saturated rings. The van der Waals surface area contributed by atoms with Gasteiger partial charge in [0.15, 0.2) is 5.96 Å². The van der Waals surface area contributed by atoms with E-state index in [1.54, 1.807) is 11.8 Å². The number of alkyl halides is 1. The Morgan fingerprint density at radius 2 is 2.31 bits per heavy atom. The lowest BCUT2D eigenvalue weighted by Crippen LogP contribution is -2.34. The average Bonchev–Trinajstić information content (AvgIpc) is 2.29. The molecule has 88 valence electrons. The van der Waals surface area contributed by atoms with Crippen LogP contribution >= 0.6 is 27.7 Å². The number of rotatable bonds is 4. The van der Waals surface area contributed by atoms with Gasteiger partial charge in [-0.25, -0.2) is 4.99 Å². The fourth-order valence-corrected chi connectivity index (χ4v) is 2.12. The molecule has 0 amide bonds. The zero-order valence-corrected chi connectivity index (χ0v) is 11.9. The highest BCUT2D eigenvalue weighted by Gasteiger charge is 2.01. The van der Waals surface area contributed by atoms with Gasteiger partial charge in [0.05, 0.1) is 5.69 Å². The van der Waals surface area contributed by atoms with Crippen molar-refractivity contribution in [2.24, 2.45) is 10.7 Å². The van der Waals surface area contributed by atoms with E-state index in [0.29, 0.717) is 5.96 Å². The van der Waals surface area contributed by atoms with Crippen molar-refractivity contribution in [1.29, 1.82) is 0 Å². The highest BCUT2D eigenvalue weighted by molar-refractivity contribution is 9.09. The van der Waals surface area contributed by atoms with Crippen molar-refractivity contribution in [3.63, 3.8) is 0 Å². The quantitative estimate of drug-likeness (QED) is 0.402. The van der Waals surface area contributed by atoms with E-state index in [1.165, 1.54) is 4.90 Å². The summed E-state index contributed by atoms with van der Waals surface area (Å²) in [4.78, 5) is 7.48. The van der Waals surface area contributed by atoms with Crippen molar-refractivity contribution in [3.8, 4) is 0 Å². The first-order valence-electron chi connectivity index (χ1n) is 4.92. The van der Waals surface area contributed by atoms with Crippen LogP contribution in [0, 0.1) is 0 Å². The summed E-state index contributed by atoms with van der Waals surface area (Å²) in [6, 6.07) is 8.03. The monoisotopic (exact) mass is 301 g/mol. The van der Waals surface area contributed by atoms with E-state index in [9.17, 15) is 0 Å². The molecule has 0 heterocycles. The molecule has 0 saturated carbocycles. The maximum Gasteiger partial charge on any atom is 0.196 e. The molecular weight excluding hydrogens is 286 g/mol. The second-order valence-electron chi connectivity index (χ2n) is 3.28. The van der Waals surface area contributed by atoms with E-state index >= 15 is 0 Å². The van der Waals surface area contributed by atoms with E-state index < -0.39 is 0 Å². The molecule has 0 aliphatic rings. The minimum absolute atomic E-state index is 0.540. The number of thioether (sulfide) groups is 1. The van der Waals surface area contributed by atoms with Crippen molar-refractivity contribution in [2.45, 2.75) is 4.90 Å². The molecule has 3 nitrogen and oxygen atoms in total. The second-order valence-corrected chi connectivity index (χ2v) is 4.95. The summed E-state index contributed by atoms with van der Waals surface area (Å²) in [7, 11) is 1.93. The molecule has 0 saturated heterocycles. The van der Waals surface area contributed by atoms with Gasteiger partial charge in [0.25, 0.3) is 0 Å². The van der Waals surface area contributed by atoms with Crippen molar-refractivity contribution in [3.05, 3.63) is 24.3 Å². The SMILES string of the molecule is CSc1cccc(N=C(N)N(C)CCBr)c1. The summed E-state index contributed by atoms with van der Waals surface area (Å²) in [6.07, 6.45) is 2.04. The zero-order chi connectivity index (χ0) is 12.0. The van der Waals surface area contributed by atoms with Gasteiger partial charge in [-0.1, -0.05) is 22.0 Å². The summed E-state index contributed by atoms with van der Waals surface area (Å²) in [5.74, 6) is 0.540. The fourth-order valence-electron chi connectivity index (χ4n) is 1.14. The van der Waals surface area contributed by atoms with E-state index in [0.717, 1.165) is 17.6 Å². The van der Waals surface area contributed by atoms with E-state index in [-0.39, 0.29) is 0 Å². The van der Waals surface area contributed by atoms with E-state index in [1.807, 2.05) is 36.4 Å². The molecule has 16 heavy (non-hydrogen) atoms. The summed E-state index contributed by atoms with van der Waals surface area (Å²) < 4.78 is 0. The molecule has 0 bridgehead atoms. The molecule has 0 spiro atoms. The Kier molecular flexibility index (Phi) is 5.69. The Hall–Kier alpha value is -0.680. The number of benzene rings is 1. The van der Waals surface area contributed by atoms with Gasteiger partial charge in [-0.05, 0) is 24.5 Å². The molecule has 1 aromatic carbocycles. The summed E-state index contributed by atoms with van der Waals surface area (Å²) in [6.45, 7) is 0.845. The van der Waals surface area contributed by atoms with Crippen LogP contribution in [0.1, 0.15) is 0 Å². The van der Waals surface area contributed by atoms with Crippen LogP contribution in [0.2, 0.25) is 0 Å². The minimum Gasteiger partial charge on any atom is -0.369 e. The Morgan fingerprint density at radius 1 is 1.56 bits per heavy atom. The summed E-state index contributed by atoms with van der Waals surface area (Å²) in [5, 5.41) is 0.880. The van der Waals surface area contributed by atoms with Crippen LogP contribution < -0.4 is 5.73 Å². The van der Waals surface area contributed by atoms with Crippen molar-refractivity contribution < 1.29 is 0 Å². The van der Waals surface area contributed by atoms with Crippen LogP contribution in [0.25, 0.3) is 0 Å². The predicted octanol–water partition coefficient (Wildman–Crippen LogP) is 2.68. The first-order chi connectivity index (χ1) is 7.67. The van der Waals surface area contributed by atoms with Crippen molar-refractivity contribution >= 4 is 39.3 Å². The van der Waals surface area contributed by atoms with Crippen molar-refractivity contribution in [2.75, 3.05) is 25.2 Å². The number of guanidine groups is 1. The van der Waals surface area contributed by atoms with Crippen LogP contribution in [0.5, 0.6) is 0 Å². The molecule has 2 N–H and O–H groups in total. The highest BCUT2D eigenvalue weighted by atomic mass is 79.9. The lowest BCUT2D eigenvalue weighted by Gasteiger charge is -2.16. The standard InChI is InChI=1S/C11H16BrN3S/c1-15(7-6-12)11(13)14-9-4-3-5-10(8-9)16-2/h3-5,8H,6-7H2,1-2H3,(H2,13,14). The molecule has 0 aliphatic heterocycles. The molecule has 0 radical (unpaired) electrons. The smallest absolute Gasteiger partial charge is 0.196 e. The van der Waals surface area contributed by atoms with Gasteiger partial charge < -0.3 is 10.6 Å². The third-order valence-corrected chi connectivity index (χ3v) is 3.19. The third-order valence-electron chi connectivity index (χ3n) is 2.11. The van der Waals surface area contributed by atoms with Crippen LogP contribution in [0.3, 0.4) is 0 Å². The van der Waals surface area contributed by atoms with Gasteiger partial charge in [-0.15, -0.1) is 11.8 Å². The predicted molar refractivity (Wildman–Crippen MR) is 75.9 cm³/mol. The average molecular weight is 302 g/mol. The number of nitrogens with zero attached hydrogens (tertiary/aromatic N) is 2. The number of aliphatic imine (C=N–C) groups is 1. The molecule has 1 rings (SSSR count). The van der Waals surface area contributed by atoms with Gasteiger partial charge >= 0.3 is 0 Å². The molecule has 0 unspecified atom stereocenters. The normalized spacial score (nSPS) is 11.6. The van der Waals surface area contributed by atoms with Crippen molar-refractivity contribution in [1.82, 2.24) is 4.90 Å². The van der Waals surface area contributed by atoms with Gasteiger partial charge in [-0.2, -0.15) is 0 Å². The fraction of sp³-hybridized carbons (Fsp3) is 0.364. The molecular formula is C11H16BrN3S. The molecule has 0 aromatic heterocycles. The summed E-state index contributed by atoms with van der Waals surface area (Å²) >= 11 is 5.07. The summed E-state index contributed by atoms with van der Waals surface area (Å²) in [5.41, 5.74) is 6.77. The van der Waals surface area contributed by atoms with Crippen LogP contribution in [0.4, 0.5) is 5.69 Å². The molecule has 5 heteroatoms. The van der Waals surface area contributed by atoms with Gasteiger partial charge in [-0.3, -0.25) is 0 Å². The number of halogens is 1. The Morgan fingerprint density at radius 3 is 2.94 bits per heavy atom. The number of hydrogen-bond acceptors (Lipinski definition) is 2. The Bertz CT molecular complexity index is 368. The maximum absolute atomic E-state index is 5.88. The zero-order valence-electron chi connectivity index (χ0n) is 9.48. The topological polar surface area (TPSA) is 41.6 Å². The molecule has 0 atom stereocenters. The molecule has 1 aromatic rings. The first kappa shape index (κ1) is 13.4. The van der Waals surface area contributed by atoms with Gasteiger partial charge in [0, 0.05) is 23.8 Å². The first-order valence-corrected chi connectivity index (χ1v) is 7.27. The molecule has 0 aliphatic carbocycles. The lowest BCUT2D eigenvalue weighted by molar-refractivity contribution is 0.535. The Labute approximate surface area is 109 Å². The second kappa shape index (κ2) is 6.81. The van der Waals surface area contributed by atoms with E-state index in [2.05, 4.69) is 27.0 Å². The van der Waals surface area contributed by atoms with E-state index in [4.69, 9.17) is 5.73 Å². The lowest BCUT2D eigenvalue weighted by atomic mass is 10.3.